The van der Waals surface area contributed by atoms with E-state index in [0.29, 0.717) is 44.1 Å². The van der Waals surface area contributed by atoms with Crippen molar-refractivity contribution in [1.82, 2.24) is 0 Å². The maximum atomic E-state index is 13.0. The molecule has 0 spiro atoms. The predicted octanol–water partition coefficient (Wildman–Crippen LogP) is 5.38. The van der Waals surface area contributed by atoms with Crippen LogP contribution in [0.4, 0.5) is 0 Å². The van der Waals surface area contributed by atoms with Crippen LogP contribution in [0.3, 0.4) is 0 Å². The van der Waals surface area contributed by atoms with Crippen molar-refractivity contribution in [3.05, 3.63) is 84.6 Å². The van der Waals surface area contributed by atoms with Gasteiger partial charge in [0.25, 0.3) is 0 Å². The molecule has 4 bridgehead atoms. The number of esters is 2. The second-order valence-corrected chi connectivity index (χ2v) is 14.7. The van der Waals surface area contributed by atoms with E-state index in [9.17, 15) is 30.0 Å². The Balaban J connectivity index is 1.71. The van der Waals surface area contributed by atoms with Gasteiger partial charge >= 0.3 is 11.9 Å². The van der Waals surface area contributed by atoms with Gasteiger partial charge in [-0.1, -0.05) is 101 Å². The van der Waals surface area contributed by atoms with Crippen molar-refractivity contribution < 1.29 is 49.0 Å². The molecule has 3 rings (SSSR count). The highest BCUT2D eigenvalue weighted by molar-refractivity contribution is 5.82. The Morgan fingerprint density at radius 2 is 1.86 bits per heavy atom. The van der Waals surface area contributed by atoms with Crippen LogP contribution in [0.15, 0.2) is 84.6 Å². The molecule has 0 aromatic rings. The SMILES string of the molecule is C=C(COC(=O)[C@H](O)CC=CC[C@@H]1O[C@@H]2/C=C/CC=C/C(C)=C\[C@H]3O[C@@H](C/C=C/C=C/C(=O)O[C@H](C2)[C@@]1(C)CO)C[C@H](O)[C@H]3C)C(O)CC(C)C. The Bertz CT molecular complexity index is 1330. The molecule has 284 valence electrons. The molecule has 10 nitrogen and oxygen atoms in total. The molecule has 0 aromatic heterocycles. The van der Waals surface area contributed by atoms with Crippen molar-refractivity contribution >= 4 is 11.9 Å². The zero-order valence-electron chi connectivity index (χ0n) is 30.9. The molecule has 0 aromatic carbocycles. The first-order chi connectivity index (χ1) is 24.2. The first kappa shape index (κ1) is 42.3. The van der Waals surface area contributed by atoms with Crippen LogP contribution in [0.1, 0.15) is 79.6 Å². The van der Waals surface area contributed by atoms with E-state index < -0.39 is 54.0 Å². The number of ether oxygens (including phenoxy) is 4. The number of aliphatic hydroxyl groups excluding tert-OH is 4. The maximum absolute atomic E-state index is 13.0. The van der Waals surface area contributed by atoms with Crippen LogP contribution >= 0.6 is 0 Å². The second kappa shape index (κ2) is 20.8. The largest absolute Gasteiger partial charge is 0.459 e. The van der Waals surface area contributed by atoms with E-state index in [0.717, 1.165) is 5.57 Å². The number of fused-ring (bicyclic) bond motifs is 4. The number of rotatable bonds is 11. The summed E-state index contributed by atoms with van der Waals surface area (Å²) in [4.78, 5) is 25.3. The first-order valence-electron chi connectivity index (χ1n) is 18.2. The minimum Gasteiger partial charge on any atom is -0.459 e. The van der Waals surface area contributed by atoms with Gasteiger partial charge in [0.05, 0.1) is 48.6 Å². The smallest absolute Gasteiger partial charge is 0.335 e. The van der Waals surface area contributed by atoms with Crippen molar-refractivity contribution in [2.45, 2.75) is 128 Å². The fraction of sp³-hybridized carbons (Fsp3) is 0.610. The van der Waals surface area contributed by atoms with Gasteiger partial charge in [0.2, 0.25) is 0 Å². The zero-order valence-corrected chi connectivity index (χ0v) is 30.9. The topological polar surface area (TPSA) is 152 Å². The van der Waals surface area contributed by atoms with Gasteiger partial charge in [-0.05, 0) is 44.1 Å². The maximum Gasteiger partial charge on any atom is 0.335 e. The number of allylic oxidation sites excluding steroid dienone is 6. The lowest BCUT2D eigenvalue weighted by atomic mass is 9.73. The zero-order chi connectivity index (χ0) is 37.6. The molecule has 4 N–H and O–H groups in total. The Hall–Kier alpha value is -3.12. The molecule has 2 saturated heterocycles. The highest BCUT2D eigenvalue weighted by Gasteiger charge is 2.49. The molecular formula is C41H60O10. The van der Waals surface area contributed by atoms with E-state index >= 15 is 0 Å². The van der Waals surface area contributed by atoms with Crippen LogP contribution in [-0.2, 0) is 28.5 Å². The summed E-state index contributed by atoms with van der Waals surface area (Å²) in [5.41, 5.74) is 0.477. The van der Waals surface area contributed by atoms with E-state index in [-0.39, 0.29) is 43.7 Å². The van der Waals surface area contributed by atoms with Gasteiger partial charge in [0.15, 0.2) is 6.10 Å². The molecular weight excluding hydrogens is 652 g/mol. The van der Waals surface area contributed by atoms with Crippen molar-refractivity contribution in [3.63, 3.8) is 0 Å². The molecule has 0 saturated carbocycles. The number of carbonyl (C=O) groups is 2. The number of hydrogen-bond donors (Lipinski definition) is 4. The van der Waals surface area contributed by atoms with Gasteiger partial charge in [0.1, 0.15) is 12.7 Å². The lowest BCUT2D eigenvalue weighted by Crippen LogP contribution is -2.55. The summed E-state index contributed by atoms with van der Waals surface area (Å²) in [7, 11) is 0. The second-order valence-electron chi connectivity index (χ2n) is 14.7. The summed E-state index contributed by atoms with van der Waals surface area (Å²) in [6.07, 6.45) is 18.4. The van der Waals surface area contributed by atoms with Crippen molar-refractivity contribution in [3.8, 4) is 0 Å². The van der Waals surface area contributed by atoms with Crippen LogP contribution in [0, 0.1) is 17.3 Å². The van der Waals surface area contributed by atoms with E-state index in [2.05, 4.69) is 12.7 Å². The monoisotopic (exact) mass is 712 g/mol. The van der Waals surface area contributed by atoms with Crippen molar-refractivity contribution in [2.75, 3.05) is 13.2 Å². The minimum atomic E-state index is -1.40. The molecule has 2 fully saturated rings. The van der Waals surface area contributed by atoms with Gasteiger partial charge in [0, 0.05) is 31.3 Å². The predicted molar refractivity (Wildman–Crippen MR) is 196 cm³/mol. The van der Waals surface area contributed by atoms with E-state index in [1.165, 1.54) is 6.08 Å². The summed E-state index contributed by atoms with van der Waals surface area (Å²) in [5.74, 6) is -1.13. The van der Waals surface area contributed by atoms with Gasteiger partial charge in [-0.25, -0.2) is 9.59 Å². The third-order valence-electron chi connectivity index (χ3n) is 9.86. The van der Waals surface area contributed by atoms with Crippen molar-refractivity contribution in [1.29, 1.82) is 0 Å². The number of hydrogen-bond acceptors (Lipinski definition) is 10. The van der Waals surface area contributed by atoms with Gasteiger partial charge < -0.3 is 39.4 Å². The van der Waals surface area contributed by atoms with E-state index in [4.69, 9.17) is 18.9 Å². The van der Waals surface area contributed by atoms with Crippen molar-refractivity contribution in [2.24, 2.45) is 17.3 Å². The Morgan fingerprint density at radius 1 is 1.10 bits per heavy atom. The fourth-order valence-electron chi connectivity index (χ4n) is 6.40. The molecule has 0 amide bonds. The molecule has 51 heavy (non-hydrogen) atoms. The summed E-state index contributed by atoms with van der Waals surface area (Å²) in [6, 6.07) is 0. The molecule has 10 heteroatoms. The highest BCUT2D eigenvalue weighted by atomic mass is 16.6. The molecule has 3 aliphatic rings. The van der Waals surface area contributed by atoms with Crippen LogP contribution in [0.5, 0.6) is 0 Å². The lowest BCUT2D eigenvalue weighted by Gasteiger charge is -2.47. The molecule has 0 aliphatic carbocycles. The lowest BCUT2D eigenvalue weighted by molar-refractivity contribution is -0.198. The Labute approximate surface area is 303 Å². The van der Waals surface area contributed by atoms with Crippen LogP contribution < -0.4 is 0 Å². The van der Waals surface area contributed by atoms with Crippen LogP contribution in [-0.4, -0.2) is 94.4 Å². The molecule has 10 atom stereocenters. The Kier molecular flexibility index (Phi) is 17.2. The first-order valence-corrected chi connectivity index (χ1v) is 18.2. The van der Waals surface area contributed by atoms with Gasteiger partial charge in [-0.15, -0.1) is 0 Å². The molecule has 0 radical (unpaired) electrons. The number of aliphatic hydroxyl groups is 4. The quantitative estimate of drug-likeness (QED) is 0.162. The van der Waals surface area contributed by atoms with Gasteiger partial charge in [-0.3, -0.25) is 0 Å². The summed E-state index contributed by atoms with van der Waals surface area (Å²) >= 11 is 0. The van der Waals surface area contributed by atoms with Crippen LogP contribution in [0.25, 0.3) is 0 Å². The highest BCUT2D eigenvalue weighted by Crippen LogP contribution is 2.41. The molecule has 1 unspecified atom stereocenters. The Morgan fingerprint density at radius 3 is 2.59 bits per heavy atom. The average Bonchev–Trinajstić information content (AvgIpc) is 3.07. The third kappa shape index (κ3) is 13.4. The van der Waals surface area contributed by atoms with Gasteiger partial charge in [-0.2, -0.15) is 0 Å². The van der Waals surface area contributed by atoms with E-state index in [1.807, 2.05) is 65.0 Å². The summed E-state index contributed by atoms with van der Waals surface area (Å²) in [5, 5.41) is 41.7. The van der Waals surface area contributed by atoms with Crippen LogP contribution in [0.2, 0.25) is 0 Å². The molecule has 3 heterocycles. The fourth-order valence-corrected chi connectivity index (χ4v) is 6.40. The third-order valence-corrected chi connectivity index (χ3v) is 9.86. The average molecular weight is 713 g/mol. The van der Waals surface area contributed by atoms with E-state index in [1.54, 1.807) is 24.3 Å². The summed E-state index contributed by atoms with van der Waals surface area (Å²) < 4.78 is 23.8. The number of carbonyl (C=O) groups excluding carboxylic acids is 2. The normalized spacial score (nSPS) is 34.8. The minimum absolute atomic E-state index is 0.00418. The standard InChI is InChI=1S/C41H60O10/c1-27(2)21-34(44)29(4)25-48-40(47)33(43)18-13-14-19-37-41(6,26-42)38-24-32(50-37)17-10-7-9-15-28(3)22-36-30(5)35(45)23-31(49-36)16-11-8-12-20-39(46)51-38/h8-15,17,20,22,27,30-38,42-45H,4,7,16,18-19,21,23-26H2,1-3,5-6H3/b11-8+,14-13?,15-9?,17-10+,20-12+,28-22-/t30-,31+,32-,33-,34?,35+,36-,37+,38-,41+/m1/s1. The molecule has 3 aliphatic heterocycles. The summed E-state index contributed by atoms with van der Waals surface area (Å²) in [6.45, 7) is 13.1.